The number of piperazine rings is 1. The fourth-order valence-electron chi connectivity index (χ4n) is 2.56. The standard InChI is InChI=1S/C13H14F2N2O/c14-9-1-2-11(15)10(7-9)12(18)17-6-5-16-8-13(17)3-4-13/h1-2,7,16H,3-6,8H2. The Bertz CT molecular complexity index is 500. The van der Waals surface area contributed by atoms with E-state index < -0.39 is 17.5 Å². The second-order valence-electron chi connectivity index (χ2n) is 4.98. The molecule has 0 unspecified atom stereocenters. The first-order valence-corrected chi connectivity index (χ1v) is 6.10. The van der Waals surface area contributed by atoms with E-state index in [0.29, 0.717) is 13.1 Å². The van der Waals surface area contributed by atoms with Gasteiger partial charge in [-0.1, -0.05) is 0 Å². The molecule has 1 aliphatic heterocycles. The minimum atomic E-state index is -0.657. The molecule has 3 nitrogen and oxygen atoms in total. The van der Waals surface area contributed by atoms with Crippen molar-refractivity contribution in [1.29, 1.82) is 0 Å². The first-order chi connectivity index (χ1) is 8.62. The molecule has 1 aromatic rings. The summed E-state index contributed by atoms with van der Waals surface area (Å²) in [6, 6.07) is 3.01. The van der Waals surface area contributed by atoms with Crippen LogP contribution in [0.3, 0.4) is 0 Å². The summed E-state index contributed by atoms with van der Waals surface area (Å²) < 4.78 is 26.8. The van der Waals surface area contributed by atoms with E-state index in [2.05, 4.69) is 5.32 Å². The molecule has 18 heavy (non-hydrogen) atoms. The number of rotatable bonds is 1. The average molecular weight is 252 g/mol. The van der Waals surface area contributed by atoms with E-state index in [4.69, 9.17) is 0 Å². The van der Waals surface area contributed by atoms with Crippen LogP contribution >= 0.6 is 0 Å². The molecule has 3 rings (SSSR count). The molecule has 2 aliphatic rings. The monoisotopic (exact) mass is 252 g/mol. The topological polar surface area (TPSA) is 32.3 Å². The van der Waals surface area contributed by atoms with Crippen molar-refractivity contribution in [2.75, 3.05) is 19.6 Å². The molecule has 1 aliphatic carbocycles. The van der Waals surface area contributed by atoms with Crippen LogP contribution in [0, 0.1) is 11.6 Å². The van der Waals surface area contributed by atoms with Crippen LogP contribution in [0.5, 0.6) is 0 Å². The Morgan fingerprint density at radius 3 is 2.83 bits per heavy atom. The zero-order valence-electron chi connectivity index (χ0n) is 9.88. The van der Waals surface area contributed by atoms with Crippen LogP contribution in [0.1, 0.15) is 23.2 Å². The van der Waals surface area contributed by atoms with Crippen molar-refractivity contribution in [3.05, 3.63) is 35.4 Å². The molecule has 0 radical (unpaired) electrons. The molecule has 0 atom stereocenters. The average Bonchev–Trinajstić information content (AvgIpc) is 3.12. The van der Waals surface area contributed by atoms with Gasteiger partial charge in [-0.15, -0.1) is 0 Å². The Morgan fingerprint density at radius 1 is 1.33 bits per heavy atom. The van der Waals surface area contributed by atoms with Crippen molar-refractivity contribution in [3.63, 3.8) is 0 Å². The number of hydrogen-bond donors (Lipinski definition) is 1. The lowest BCUT2D eigenvalue weighted by Crippen LogP contribution is -2.55. The number of benzene rings is 1. The van der Waals surface area contributed by atoms with Crippen LogP contribution in [0.4, 0.5) is 8.78 Å². The Balaban J connectivity index is 1.92. The Labute approximate surface area is 104 Å². The minimum Gasteiger partial charge on any atom is -0.330 e. The fraction of sp³-hybridized carbons (Fsp3) is 0.462. The summed E-state index contributed by atoms with van der Waals surface area (Å²) in [5.41, 5.74) is -0.322. The summed E-state index contributed by atoms with van der Waals surface area (Å²) in [6.45, 7) is 1.99. The highest BCUT2D eigenvalue weighted by Crippen LogP contribution is 2.43. The lowest BCUT2D eigenvalue weighted by molar-refractivity contribution is 0.0595. The smallest absolute Gasteiger partial charge is 0.257 e. The second kappa shape index (κ2) is 4.02. The summed E-state index contributed by atoms with van der Waals surface area (Å²) in [6.07, 6.45) is 1.87. The van der Waals surface area contributed by atoms with Crippen LogP contribution in [-0.4, -0.2) is 36.0 Å². The number of carbonyl (C=O) groups excluding carboxylic acids is 1. The van der Waals surface area contributed by atoms with E-state index in [9.17, 15) is 13.6 Å². The Hall–Kier alpha value is -1.49. The van der Waals surface area contributed by atoms with Gasteiger partial charge in [-0.3, -0.25) is 4.79 Å². The highest BCUT2D eigenvalue weighted by Gasteiger charge is 2.51. The van der Waals surface area contributed by atoms with Gasteiger partial charge in [0.15, 0.2) is 0 Å². The third kappa shape index (κ3) is 1.79. The van der Waals surface area contributed by atoms with E-state index in [0.717, 1.165) is 37.6 Å². The fourth-order valence-corrected chi connectivity index (χ4v) is 2.56. The van der Waals surface area contributed by atoms with E-state index >= 15 is 0 Å². The molecule has 1 saturated carbocycles. The first-order valence-electron chi connectivity index (χ1n) is 6.10. The van der Waals surface area contributed by atoms with Crippen molar-refractivity contribution in [2.24, 2.45) is 0 Å². The van der Waals surface area contributed by atoms with Gasteiger partial charge in [0.1, 0.15) is 11.6 Å². The van der Waals surface area contributed by atoms with E-state index in [1.807, 2.05) is 0 Å². The van der Waals surface area contributed by atoms with Gasteiger partial charge in [0.2, 0.25) is 0 Å². The summed E-state index contributed by atoms with van der Waals surface area (Å²) in [4.78, 5) is 14.0. The molecule has 96 valence electrons. The van der Waals surface area contributed by atoms with Gasteiger partial charge < -0.3 is 10.2 Å². The lowest BCUT2D eigenvalue weighted by Gasteiger charge is -2.36. The van der Waals surface area contributed by atoms with Crippen LogP contribution in [-0.2, 0) is 0 Å². The number of nitrogens with zero attached hydrogens (tertiary/aromatic N) is 1. The van der Waals surface area contributed by atoms with Crippen LogP contribution in [0.15, 0.2) is 18.2 Å². The van der Waals surface area contributed by atoms with Crippen molar-refractivity contribution in [1.82, 2.24) is 10.2 Å². The van der Waals surface area contributed by atoms with Crippen molar-refractivity contribution in [2.45, 2.75) is 18.4 Å². The molecule has 0 bridgehead atoms. The van der Waals surface area contributed by atoms with Gasteiger partial charge in [-0.25, -0.2) is 8.78 Å². The molecule has 2 fully saturated rings. The van der Waals surface area contributed by atoms with Crippen LogP contribution in [0.2, 0.25) is 0 Å². The molecule has 1 aromatic carbocycles. The predicted octanol–water partition coefficient (Wildman–Crippen LogP) is 1.54. The van der Waals surface area contributed by atoms with Gasteiger partial charge in [0.05, 0.1) is 11.1 Å². The van der Waals surface area contributed by atoms with E-state index in [1.54, 1.807) is 4.90 Å². The summed E-state index contributed by atoms with van der Waals surface area (Å²) >= 11 is 0. The van der Waals surface area contributed by atoms with Gasteiger partial charge >= 0.3 is 0 Å². The number of halogens is 2. The quantitative estimate of drug-likeness (QED) is 0.822. The maximum absolute atomic E-state index is 13.6. The number of hydrogen-bond acceptors (Lipinski definition) is 2. The highest BCUT2D eigenvalue weighted by molar-refractivity contribution is 5.95. The summed E-state index contributed by atoms with van der Waals surface area (Å²) in [7, 11) is 0. The number of carbonyl (C=O) groups is 1. The van der Waals surface area contributed by atoms with Crippen molar-refractivity contribution >= 4 is 5.91 Å². The first kappa shape index (κ1) is 11.6. The maximum atomic E-state index is 13.6. The van der Waals surface area contributed by atoms with Crippen LogP contribution < -0.4 is 5.32 Å². The van der Waals surface area contributed by atoms with Gasteiger partial charge in [0, 0.05) is 19.6 Å². The molecule has 1 saturated heterocycles. The van der Waals surface area contributed by atoms with Crippen molar-refractivity contribution in [3.8, 4) is 0 Å². The molecule has 1 spiro atoms. The normalized spacial score (nSPS) is 21.1. The number of amides is 1. The number of nitrogens with one attached hydrogen (secondary N) is 1. The van der Waals surface area contributed by atoms with Crippen molar-refractivity contribution < 1.29 is 13.6 Å². The lowest BCUT2D eigenvalue weighted by atomic mass is 10.1. The SMILES string of the molecule is O=C(c1cc(F)ccc1F)N1CCNCC12CC2. The highest BCUT2D eigenvalue weighted by atomic mass is 19.1. The molecule has 1 amide bonds. The molecule has 0 aromatic heterocycles. The molecule has 1 heterocycles. The van der Waals surface area contributed by atoms with E-state index in [1.165, 1.54) is 0 Å². The molecule has 1 N–H and O–H groups in total. The molecular formula is C13H14F2N2O. The maximum Gasteiger partial charge on any atom is 0.257 e. The predicted molar refractivity (Wildman–Crippen MR) is 62.2 cm³/mol. The summed E-state index contributed by atoms with van der Waals surface area (Å²) in [5, 5.41) is 3.24. The van der Waals surface area contributed by atoms with Crippen LogP contribution in [0.25, 0.3) is 0 Å². The zero-order valence-corrected chi connectivity index (χ0v) is 9.88. The zero-order chi connectivity index (χ0) is 12.8. The van der Waals surface area contributed by atoms with E-state index in [-0.39, 0.29) is 11.1 Å². The second-order valence-corrected chi connectivity index (χ2v) is 4.98. The van der Waals surface area contributed by atoms with Gasteiger partial charge in [-0.2, -0.15) is 0 Å². The summed E-state index contributed by atoms with van der Waals surface area (Å²) in [5.74, 6) is -1.64. The minimum absolute atomic E-state index is 0.159. The Kier molecular flexibility index (Phi) is 2.59. The molecular weight excluding hydrogens is 238 g/mol. The third-order valence-electron chi connectivity index (χ3n) is 3.77. The van der Waals surface area contributed by atoms with Gasteiger partial charge in [0.25, 0.3) is 5.91 Å². The Morgan fingerprint density at radius 2 is 2.11 bits per heavy atom. The largest absolute Gasteiger partial charge is 0.330 e. The molecule has 5 heteroatoms. The van der Waals surface area contributed by atoms with Gasteiger partial charge in [-0.05, 0) is 31.0 Å². The third-order valence-corrected chi connectivity index (χ3v) is 3.77.